The summed E-state index contributed by atoms with van der Waals surface area (Å²) in [4.78, 5) is 21.9. The highest BCUT2D eigenvalue weighted by Crippen LogP contribution is 2.24. The number of nitrogens with one attached hydrogen (secondary N) is 1. The van der Waals surface area contributed by atoms with Crippen LogP contribution in [0.3, 0.4) is 0 Å². The van der Waals surface area contributed by atoms with Crippen molar-refractivity contribution in [2.24, 2.45) is 5.92 Å². The SMILES string of the molecule is CC(C)C(=O)Nc1ccc2ccc([N+](=O)[O-])cc2c1. The molecule has 0 spiro atoms. The van der Waals surface area contributed by atoms with Crippen LogP contribution < -0.4 is 5.32 Å². The van der Waals surface area contributed by atoms with Crippen LogP contribution in [0, 0.1) is 16.0 Å². The molecule has 0 bridgehead atoms. The maximum absolute atomic E-state index is 11.6. The molecule has 0 unspecified atom stereocenters. The van der Waals surface area contributed by atoms with Gasteiger partial charge >= 0.3 is 0 Å². The van der Waals surface area contributed by atoms with Crippen LogP contribution in [0.1, 0.15) is 13.8 Å². The normalized spacial score (nSPS) is 10.7. The number of amides is 1. The van der Waals surface area contributed by atoms with E-state index in [2.05, 4.69) is 5.32 Å². The number of benzene rings is 2. The Morgan fingerprint density at radius 3 is 2.47 bits per heavy atom. The average Bonchev–Trinajstić information content (AvgIpc) is 2.37. The number of nitro groups is 1. The second-order valence-electron chi connectivity index (χ2n) is 4.65. The van der Waals surface area contributed by atoms with Crippen molar-refractivity contribution in [2.75, 3.05) is 5.32 Å². The summed E-state index contributed by atoms with van der Waals surface area (Å²) in [5, 5.41) is 15.1. The smallest absolute Gasteiger partial charge is 0.270 e. The van der Waals surface area contributed by atoms with Crippen LogP contribution in [0.25, 0.3) is 10.8 Å². The second kappa shape index (κ2) is 5.06. The predicted molar refractivity (Wildman–Crippen MR) is 74.1 cm³/mol. The van der Waals surface area contributed by atoms with Gasteiger partial charge in [-0.2, -0.15) is 0 Å². The molecule has 0 atom stereocenters. The third-order valence-corrected chi connectivity index (χ3v) is 2.83. The number of anilines is 1. The van der Waals surface area contributed by atoms with Crippen molar-refractivity contribution in [3.05, 3.63) is 46.5 Å². The molecule has 0 heterocycles. The van der Waals surface area contributed by atoms with Gasteiger partial charge in [0.25, 0.3) is 5.69 Å². The lowest BCUT2D eigenvalue weighted by Gasteiger charge is -2.08. The van der Waals surface area contributed by atoms with Gasteiger partial charge in [-0.3, -0.25) is 14.9 Å². The van der Waals surface area contributed by atoms with Gasteiger partial charge < -0.3 is 5.32 Å². The number of hydrogen-bond donors (Lipinski definition) is 1. The van der Waals surface area contributed by atoms with Gasteiger partial charge in [-0.15, -0.1) is 0 Å². The Morgan fingerprint density at radius 1 is 1.16 bits per heavy atom. The zero-order valence-corrected chi connectivity index (χ0v) is 10.7. The maximum atomic E-state index is 11.6. The summed E-state index contributed by atoms with van der Waals surface area (Å²) in [7, 11) is 0. The Kier molecular flexibility index (Phi) is 3.46. The molecule has 1 amide bonds. The summed E-state index contributed by atoms with van der Waals surface area (Å²) >= 11 is 0. The van der Waals surface area contributed by atoms with Gasteiger partial charge in [0.15, 0.2) is 0 Å². The highest BCUT2D eigenvalue weighted by molar-refractivity contribution is 5.95. The molecule has 2 rings (SSSR count). The minimum atomic E-state index is -0.432. The van der Waals surface area contributed by atoms with Crippen molar-refractivity contribution in [3.8, 4) is 0 Å². The fourth-order valence-electron chi connectivity index (χ4n) is 1.71. The number of nitro benzene ring substituents is 1. The molecule has 98 valence electrons. The van der Waals surface area contributed by atoms with Crippen molar-refractivity contribution in [3.63, 3.8) is 0 Å². The average molecular weight is 258 g/mol. The van der Waals surface area contributed by atoms with E-state index in [0.717, 1.165) is 10.8 Å². The number of hydrogen-bond acceptors (Lipinski definition) is 3. The van der Waals surface area contributed by atoms with Gasteiger partial charge in [-0.25, -0.2) is 0 Å². The quantitative estimate of drug-likeness (QED) is 0.677. The van der Waals surface area contributed by atoms with Gasteiger partial charge in [0.05, 0.1) is 4.92 Å². The summed E-state index contributed by atoms with van der Waals surface area (Å²) in [6, 6.07) is 10.0. The number of carbonyl (C=O) groups is 1. The van der Waals surface area contributed by atoms with Crippen LogP contribution in [-0.2, 0) is 4.79 Å². The monoisotopic (exact) mass is 258 g/mol. The van der Waals surface area contributed by atoms with E-state index in [1.807, 2.05) is 6.07 Å². The number of carbonyl (C=O) groups excluding carboxylic acids is 1. The first-order valence-corrected chi connectivity index (χ1v) is 5.96. The molecular weight excluding hydrogens is 244 g/mol. The van der Waals surface area contributed by atoms with E-state index >= 15 is 0 Å². The fourth-order valence-corrected chi connectivity index (χ4v) is 1.71. The summed E-state index contributed by atoms with van der Waals surface area (Å²) in [6.45, 7) is 3.61. The van der Waals surface area contributed by atoms with E-state index in [1.165, 1.54) is 12.1 Å². The number of non-ortho nitro benzene ring substituents is 1. The largest absolute Gasteiger partial charge is 0.326 e. The van der Waals surface area contributed by atoms with Crippen LogP contribution in [0.2, 0.25) is 0 Å². The molecule has 0 aliphatic rings. The molecule has 0 saturated carbocycles. The Morgan fingerprint density at radius 2 is 1.84 bits per heavy atom. The van der Waals surface area contributed by atoms with Crippen molar-refractivity contribution < 1.29 is 9.72 Å². The van der Waals surface area contributed by atoms with Crippen molar-refractivity contribution in [1.82, 2.24) is 0 Å². The van der Waals surface area contributed by atoms with E-state index in [4.69, 9.17) is 0 Å². The molecule has 19 heavy (non-hydrogen) atoms. The molecule has 0 aromatic heterocycles. The highest BCUT2D eigenvalue weighted by Gasteiger charge is 2.09. The molecule has 5 nitrogen and oxygen atoms in total. The molecule has 0 aliphatic carbocycles. The first kappa shape index (κ1) is 13.0. The topological polar surface area (TPSA) is 72.2 Å². The Hall–Kier alpha value is -2.43. The molecule has 2 aromatic carbocycles. The van der Waals surface area contributed by atoms with Crippen LogP contribution >= 0.6 is 0 Å². The zero-order valence-electron chi connectivity index (χ0n) is 10.7. The summed E-state index contributed by atoms with van der Waals surface area (Å²) in [5.74, 6) is -0.189. The Labute approximate surface area is 110 Å². The molecular formula is C14H14N2O3. The number of fused-ring (bicyclic) bond motifs is 1. The summed E-state index contributed by atoms with van der Waals surface area (Å²) < 4.78 is 0. The molecule has 0 radical (unpaired) electrons. The maximum Gasteiger partial charge on any atom is 0.270 e. The minimum absolute atomic E-state index is 0.0415. The summed E-state index contributed by atoms with van der Waals surface area (Å²) in [6.07, 6.45) is 0. The standard InChI is InChI=1S/C14H14N2O3/c1-9(2)14(17)15-12-5-3-10-4-6-13(16(18)19)8-11(10)7-12/h3-9H,1-2H3,(H,15,17). The summed E-state index contributed by atoms with van der Waals surface area (Å²) in [5.41, 5.74) is 0.687. The first-order valence-electron chi connectivity index (χ1n) is 5.96. The molecule has 5 heteroatoms. The lowest BCUT2D eigenvalue weighted by Crippen LogP contribution is -2.17. The van der Waals surface area contributed by atoms with E-state index in [9.17, 15) is 14.9 Å². The second-order valence-corrected chi connectivity index (χ2v) is 4.65. The minimum Gasteiger partial charge on any atom is -0.326 e. The molecule has 1 N–H and O–H groups in total. The van der Waals surface area contributed by atoms with Crippen molar-refractivity contribution >= 4 is 28.1 Å². The zero-order chi connectivity index (χ0) is 14.0. The van der Waals surface area contributed by atoms with E-state index < -0.39 is 4.92 Å². The molecule has 0 fully saturated rings. The lowest BCUT2D eigenvalue weighted by molar-refractivity contribution is -0.384. The predicted octanol–water partition coefficient (Wildman–Crippen LogP) is 3.34. The Balaban J connectivity index is 2.38. The Bertz CT molecular complexity index is 650. The van der Waals surface area contributed by atoms with E-state index in [1.54, 1.807) is 32.0 Å². The first-order chi connectivity index (χ1) is 8.97. The van der Waals surface area contributed by atoms with Crippen LogP contribution in [0.5, 0.6) is 0 Å². The van der Waals surface area contributed by atoms with Crippen LogP contribution in [0.15, 0.2) is 36.4 Å². The number of rotatable bonds is 3. The van der Waals surface area contributed by atoms with Crippen molar-refractivity contribution in [1.29, 1.82) is 0 Å². The third kappa shape index (κ3) is 2.88. The van der Waals surface area contributed by atoms with Gasteiger partial charge in [0.2, 0.25) is 5.91 Å². The van der Waals surface area contributed by atoms with Crippen LogP contribution in [0.4, 0.5) is 11.4 Å². The highest BCUT2D eigenvalue weighted by atomic mass is 16.6. The van der Waals surface area contributed by atoms with E-state index in [0.29, 0.717) is 5.69 Å². The fraction of sp³-hybridized carbons (Fsp3) is 0.214. The van der Waals surface area contributed by atoms with Gasteiger partial charge in [0.1, 0.15) is 0 Å². The van der Waals surface area contributed by atoms with Gasteiger partial charge in [-0.1, -0.05) is 19.9 Å². The van der Waals surface area contributed by atoms with E-state index in [-0.39, 0.29) is 17.5 Å². The third-order valence-electron chi connectivity index (χ3n) is 2.83. The van der Waals surface area contributed by atoms with Gasteiger partial charge in [0, 0.05) is 23.7 Å². The lowest BCUT2D eigenvalue weighted by atomic mass is 10.1. The number of nitrogens with zero attached hydrogens (tertiary/aromatic N) is 1. The molecule has 0 saturated heterocycles. The van der Waals surface area contributed by atoms with Crippen LogP contribution in [-0.4, -0.2) is 10.8 Å². The van der Waals surface area contributed by atoms with Crippen molar-refractivity contribution in [2.45, 2.75) is 13.8 Å². The van der Waals surface area contributed by atoms with Gasteiger partial charge in [-0.05, 0) is 29.0 Å². The molecule has 2 aromatic rings. The molecule has 0 aliphatic heterocycles.